The Morgan fingerprint density at radius 2 is 1.16 bits per heavy atom. The molecule has 0 atom stereocenters. The average molecular weight is 426 g/mol. The lowest BCUT2D eigenvalue weighted by Crippen LogP contribution is -2.15. The maximum Gasteiger partial charge on any atom is 0.162 e. The van der Waals surface area contributed by atoms with Crippen molar-refractivity contribution in [3.8, 4) is 52.4 Å². The Morgan fingerprint density at radius 1 is 0.594 bits per heavy atom. The largest absolute Gasteiger partial charge is 0.497 e. The van der Waals surface area contributed by atoms with Crippen LogP contribution in [-0.2, 0) is 0 Å². The van der Waals surface area contributed by atoms with Crippen molar-refractivity contribution < 1.29 is 23.7 Å². The lowest BCUT2D eigenvalue weighted by atomic mass is 10.1. The summed E-state index contributed by atoms with van der Waals surface area (Å²) in [5.41, 5.74) is 3.16. The molecular weight excluding hydrogens is 404 g/mol. The maximum atomic E-state index is 5.65. The van der Waals surface area contributed by atoms with Crippen molar-refractivity contribution in [3.05, 3.63) is 76.9 Å². The molecule has 1 aliphatic heterocycles. The number of hydrogen-bond acceptors (Lipinski definition) is 5. The molecule has 3 aromatic carbocycles. The fourth-order valence-corrected chi connectivity index (χ4v) is 3.16. The Hall–Kier alpha value is -4.22. The minimum atomic E-state index is 0.532. The Labute approximate surface area is 187 Å². The van der Waals surface area contributed by atoms with Crippen LogP contribution < -0.4 is 23.7 Å². The Balaban J connectivity index is 1.71. The van der Waals surface area contributed by atoms with E-state index in [0.29, 0.717) is 30.5 Å². The summed E-state index contributed by atoms with van der Waals surface area (Å²) in [5.74, 6) is 16.2. The first-order chi connectivity index (χ1) is 15.7. The van der Waals surface area contributed by atoms with Gasteiger partial charge in [0.1, 0.15) is 19.0 Å². The summed E-state index contributed by atoms with van der Waals surface area (Å²) < 4.78 is 27.3. The fourth-order valence-electron chi connectivity index (χ4n) is 3.16. The van der Waals surface area contributed by atoms with Gasteiger partial charge in [-0.1, -0.05) is 23.7 Å². The molecule has 1 heterocycles. The van der Waals surface area contributed by atoms with Crippen LogP contribution in [0.4, 0.5) is 0 Å². The first kappa shape index (κ1) is 21.0. The van der Waals surface area contributed by atoms with Gasteiger partial charge in [0.25, 0.3) is 0 Å². The van der Waals surface area contributed by atoms with Crippen LogP contribution in [0.25, 0.3) is 0 Å². The molecule has 4 rings (SSSR count). The number of hydrogen-bond donors (Lipinski definition) is 0. The molecule has 0 saturated heterocycles. The Bertz CT molecular complexity index is 1240. The molecule has 5 nitrogen and oxygen atoms in total. The quantitative estimate of drug-likeness (QED) is 0.585. The smallest absolute Gasteiger partial charge is 0.162 e. The first-order valence-corrected chi connectivity index (χ1v) is 10.0. The highest BCUT2D eigenvalue weighted by molar-refractivity contribution is 5.61. The monoisotopic (exact) mass is 426 g/mol. The summed E-state index contributed by atoms with van der Waals surface area (Å²) >= 11 is 0. The molecule has 0 amide bonds. The number of fused-ring (bicyclic) bond motifs is 1. The standard InChI is InChI=1S/C27H22O5/c1-28-23-11-6-19(7-12-23)4-9-21-17-25(29-2)26(30-3)18-22(21)10-5-20-8-13-24-27(16-20)32-15-14-31-24/h6-8,11-13,16-18H,14-15H2,1-3H3. The van der Waals surface area contributed by atoms with Gasteiger partial charge in [0.15, 0.2) is 23.0 Å². The van der Waals surface area contributed by atoms with Gasteiger partial charge in [0.2, 0.25) is 0 Å². The lowest BCUT2D eigenvalue weighted by molar-refractivity contribution is 0.171. The summed E-state index contributed by atoms with van der Waals surface area (Å²) in [7, 11) is 4.83. The van der Waals surface area contributed by atoms with Crippen molar-refractivity contribution in [1.82, 2.24) is 0 Å². The highest BCUT2D eigenvalue weighted by atomic mass is 16.6. The molecule has 160 valence electrons. The van der Waals surface area contributed by atoms with Crippen LogP contribution in [0.2, 0.25) is 0 Å². The van der Waals surface area contributed by atoms with Crippen molar-refractivity contribution in [2.75, 3.05) is 34.5 Å². The average Bonchev–Trinajstić information content (AvgIpc) is 2.86. The van der Waals surface area contributed by atoms with Crippen LogP contribution >= 0.6 is 0 Å². The molecule has 32 heavy (non-hydrogen) atoms. The highest BCUT2D eigenvalue weighted by Crippen LogP contribution is 2.32. The van der Waals surface area contributed by atoms with Gasteiger partial charge in [0, 0.05) is 34.4 Å². The van der Waals surface area contributed by atoms with E-state index in [4.69, 9.17) is 23.7 Å². The predicted molar refractivity (Wildman–Crippen MR) is 122 cm³/mol. The third-order valence-corrected chi connectivity index (χ3v) is 4.84. The normalized spacial score (nSPS) is 11.3. The van der Waals surface area contributed by atoms with Crippen molar-refractivity contribution in [2.45, 2.75) is 0 Å². The van der Waals surface area contributed by atoms with Gasteiger partial charge in [-0.3, -0.25) is 0 Å². The van der Waals surface area contributed by atoms with Gasteiger partial charge in [-0.25, -0.2) is 0 Å². The second-order valence-corrected chi connectivity index (χ2v) is 6.84. The van der Waals surface area contributed by atoms with Crippen molar-refractivity contribution in [1.29, 1.82) is 0 Å². The van der Waals surface area contributed by atoms with Gasteiger partial charge in [-0.2, -0.15) is 0 Å². The van der Waals surface area contributed by atoms with Crippen LogP contribution in [0.15, 0.2) is 54.6 Å². The molecule has 0 N–H and O–H groups in total. The molecule has 1 aliphatic rings. The molecule has 0 saturated carbocycles. The van der Waals surface area contributed by atoms with E-state index in [0.717, 1.165) is 33.8 Å². The number of rotatable bonds is 3. The fraction of sp³-hybridized carbons (Fsp3) is 0.185. The van der Waals surface area contributed by atoms with Crippen LogP contribution in [0, 0.1) is 23.7 Å². The van der Waals surface area contributed by atoms with Crippen LogP contribution in [0.5, 0.6) is 28.7 Å². The SMILES string of the molecule is COc1ccc(C#Cc2cc(OC)c(OC)cc2C#Cc2ccc3c(c2)OCCO3)cc1. The van der Waals surface area contributed by atoms with Crippen molar-refractivity contribution in [2.24, 2.45) is 0 Å². The molecule has 0 aliphatic carbocycles. The van der Waals surface area contributed by atoms with Crippen LogP contribution in [-0.4, -0.2) is 34.5 Å². The zero-order chi connectivity index (χ0) is 22.3. The third-order valence-electron chi connectivity index (χ3n) is 4.84. The zero-order valence-electron chi connectivity index (χ0n) is 18.2. The van der Waals surface area contributed by atoms with E-state index < -0.39 is 0 Å². The van der Waals surface area contributed by atoms with Gasteiger partial charge < -0.3 is 23.7 Å². The molecule has 0 radical (unpaired) electrons. The summed E-state index contributed by atoms with van der Waals surface area (Å²) in [6, 6.07) is 16.9. The number of methoxy groups -OCH3 is 3. The molecule has 0 unspecified atom stereocenters. The highest BCUT2D eigenvalue weighted by Gasteiger charge is 2.12. The predicted octanol–water partition coefficient (Wildman–Crippen LogP) is 4.28. The van der Waals surface area contributed by atoms with Crippen molar-refractivity contribution >= 4 is 0 Å². The van der Waals surface area contributed by atoms with Crippen molar-refractivity contribution in [3.63, 3.8) is 0 Å². The van der Waals surface area contributed by atoms with E-state index in [9.17, 15) is 0 Å². The van der Waals surface area contributed by atoms with Crippen LogP contribution in [0.1, 0.15) is 22.3 Å². The Kier molecular flexibility index (Phi) is 6.39. The van der Waals surface area contributed by atoms with Gasteiger partial charge in [-0.05, 0) is 42.5 Å². The minimum absolute atomic E-state index is 0.532. The van der Waals surface area contributed by atoms with E-state index in [1.165, 1.54) is 0 Å². The maximum absolute atomic E-state index is 5.65. The molecule has 0 spiro atoms. The molecular formula is C27H22O5. The van der Waals surface area contributed by atoms with Gasteiger partial charge in [0.05, 0.1) is 21.3 Å². The molecule has 3 aromatic rings. The second kappa shape index (κ2) is 9.73. The molecule has 5 heteroatoms. The summed E-state index contributed by atoms with van der Waals surface area (Å²) in [6.07, 6.45) is 0. The van der Waals surface area contributed by atoms with Gasteiger partial charge >= 0.3 is 0 Å². The number of benzene rings is 3. The third kappa shape index (κ3) is 4.74. The minimum Gasteiger partial charge on any atom is -0.497 e. The molecule has 0 aromatic heterocycles. The summed E-state index contributed by atoms with van der Waals surface area (Å²) in [6.45, 7) is 1.09. The van der Waals surface area contributed by atoms with E-state index >= 15 is 0 Å². The van der Waals surface area contributed by atoms with Gasteiger partial charge in [-0.15, -0.1) is 0 Å². The van der Waals surface area contributed by atoms with E-state index in [1.54, 1.807) is 21.3 Å². The van der Waals surface area contributed by atoms with E-state index in [1.807, 2.05) is 54.6 Å². The topological polar surface area (TPSA) is 46.2 Å². The van der Waals surface area contributed by atoms with E-state index in [-0.39, 0.29) is 0 Å². The van der Waals surface area contributed by atoms with Crippen LogP contribution in [0.3, 0.4) is 0 Å². The molecule has 0 bridgehead atoms. The summed E-state index contributed by atoms with van der Waals surface area (Å²) in [4.78, 5) is 0. The number of ether oxygens (including phenoxy) is 5. The van der Waals surface area contributed by atoms with E-state index in [2.05, 4.69) is 23.7 Å². The second-order valence-electron chi connectivity index (χ2n) is 6.84. The molecule has 0 fully saturated rings. The zero-order valence-corrected chi connectivity index (χ0v) is 18.2. The lowest BCUT2D eigenvalue weighted by Gasteiger charge is -2.17. The summed E-state index contributed by atoms with van der Waals surface area (Å²) in [5, 5.41) is 0. The first-order valence-electron chi connectivity index (χ1n) is 10.0. The Morgan fingerprint density at radius 3 is 1.75 bits per heavy atom.